The van der Waals surface area contributed by atoms with Crippen molar-refractivity contribution in [1.82, 2.24) is 4.90 Å². The average Bonchev–Trinajstić information content (AvgIpc) is 2.71. The molecule has 22 heavy (non-hydrogen) atoms. The number of alkyl halides is 3. The Labute approximate surface area is 129 Å². The van der Waals surface area contributed by atoms with E-state index in [1.807, 2.05) is 0 Å². The van der Waals surface area contributed by atoms with Crippen LogP contribution < -0.4 is 11.1 Å². The largest absolute Gasteiger partial charge is 0.406 e. The van der Waals surface area contributed by atoms with Crippen molar-refractivity contribution in [3.8, 4) is 0 Å². The molecule has 2 rings (SSSR count). The van der Waals surface area contributed by atoms with E-state index in [-0.39, 0.29) is 29.2 Å². The number of amides is 2. The third-order valence-electron chi connectivity index (χ3n) is 3.24. The van der Waals surface area contributed by atoms with E-state index in [1.54, 1.807) is 0 Å². The quantitative estimate of drug-likeness (QED) is 0.884. The van der Waals surface area contributed by atoms with Crippen LogP contribution in [0.2, 0.25) is 5.02 Å². The van der Waals surface area contributed by atoms with Gasteiger partial charge in [-0.05, 0) is 24.6 Å². The zero-order chi connectivity index (χ0) is 16.5. The summed E-state index contributed by atoms with van der Waals surface area (Å²) in [5.41, 5.74) is 5.57. The van der Waals surface area contributed by atoms with Crippen LogP contribution in [0.1, 0.15) is 16.8 Å². The fraction of sp³-hybridized carbons (Fsp3) is 0.385. The zero-order valence-electron chi connectivity index (χ0n) is 11.3. The maximum Gasteiger partial charge on any atom is 0.406 e. The fourth-order valence-electron chi connectivity index (χ4n) is 2.28. The van der Waals surface area contributed by atoms with Gasteiger partial charge in [0.15, 0.2) is 0 Å². The normalized spacial score (nSPS) is 18.6. The molecule has 1 aliphatic heterocycles. The number of hydrogen-bond donors (Lipinski definition) is 2. The lowest BCUT2D eigenvalue weighted by Crippen LogP contribution is -2.39. The molecule has 0 radical (unpaired) electrons. The number of primary amides is 1. The van der Waals surface area contributed by atoms with E-state index < -0.39 is 30.6 Å². The summed E-state index contributed by atoms with van der Waals surface area (Å²) in [6.45, 7) is -1.29. The van der Waals surface area contributed by atoms with E-state index in [1.165, 1.54) is 18.2 Å². The van der Waals surface area contributed by atoms with Gasteiger partial charge in [0, 0.05) is 17.3 Å². The van der Waals surface area contributed by atoms with Crippen molar-refractivity contribution in [2.45, 2.75) is 18.6 Å². The molecule has 1 saturated heterocycles. The third kappa shape index (κ3) is 3.82. The van der Waals surface area contributed by atoms with Crippen molar-refractivity contribution in [3.05, 3.63) is 28.8 Å². The molecule has 1 aromatic rings. The summed E-state index contributed by atoms with van der Waals surface area (Å²) in [5, 5.41) is 3.05. The van der Waals surface area contributed by atoms with Crippen molar-refractivity contribution in [2.75, 3.05) is 18.4 Å². The highest BCUT2D eigenvalue weighted by molar-refractivity contribution is 6.31. The molecule has 9 heteroatoms. The number of rotatable bonds is 4. The Morgan fingerprint density at radius 2 is 2.14 bits per heavy atom. The molecule has 0 bridgehead atoms. The summed E-state index contributed by atoms with van der Waals surface area (Å²) in [7, 11) is 0. The Kier molecular flexibility index (Phi) is 4.50. The number of likely N-dealkylation sites (tertiary alicyclic amines) is 1. The summed E-state index contributed by atoms with van der Waals surface area (Å²) in [6.07, 6.45) is -4.24. The first-order valence-corrected chi connectivity index (χ1v) is 6.76. The second kappa shape index (κ2) is 6.04. The maximum atomic E-state index is 12.4. The lowest BCUT2D eigenvalue weighted by Gasteiger charge is -2.19. The van der Waals surface area contributed by atoms with Crippen molar-refractivity contribution in [2.24, 2.45) is 5.73 Å². The highest BCUT2D eigenvalue weighted by Gasteiger charge is 2.39. The monoisotopic (exact) mass is 335 g/mol. The van der Waals surface area contributed by atoms with E-state index in [4.69, 9.17) is 17.3 Å². The summed E-state index contributed by atoms with van der Waals surface area (Å²) in [4.78, 5) is 24.1. The second-order valence-corrected chi connectivity index (χ2v) is 5.35. The van der Waals surface area contributed by atoms with Gasteiger partial charge in [0.25, 0.3) is 5.91 Å². The molecule has 1 fully saturated rings. The minimum Gasteiger partial charge on any atom is -0.373 e. The molecule has 0 aliphatic carbocycles. The van der Waals surface area contributed by atoms with Crippen LogP contribution in [0, 0.1) is 0 Å². The van der Waals surface area contributed by atoms with Gasteiger partial charge in [-0.15, -0.1) is 0 Å². The Balaban J connectivity index is 2.13. The Bertz CT molecular complexity index is 607. The SMILES string of the molecule is NC(=O)c1cc(Cl)ccc1N[C@H]1CCN(CC(F)(F)F)C1=O. The van der Waals surface area contributed by atoms with Gasteiger partial charge in [-0.2, -0.15) is 13.2 Å². The van der Waals surface area contributed by atoms with E-state index >= 15 is 0 Å². The predicted octanol–water partition coefficient (Wildman–Crippen LogP) is 2.01. The Morgan fingerprint density at radius 3 is 2.73 bits per heavy atom. The van der Waals surface area contributed by atoms with Crippen molar-refractivity contribution in [1.29, 1.82) is 0 Å². The van der Waals surface area contributed by atoms with Gasteiger partial charge < -0.3 is 16.0 Å². The molecule has 0 spiro atoms. The predicted molar refractivity (Wildman–Crippen MR) is 74.6 cm³/mol. The molecule has 5 nitrogen and oxygen atoms in total. The summed E-state index contributed by atoms with van der Waals surface area (Å²) in [5.74, 6) is -1.41. The smallest absolute Gasteiger partial charge is 0.373 e. The molecule has 3 N–H and O–H groups in total. The van der Waals surface area contributed by atoms with E-state index in [0.29, 0.717) is 0 Å². The highest BCUT2D eigenvalue weighted by Crippen LogP contribution is 2.25. The first-order valence-electron chi connectivity index (χ1n) is 6.39. The zero-order valence-corrected chi connectivity index (χ0v) is 12.0. The number of anilines is 1. The minimum absolute atomic E-state index is 0.00446. The molecule has 1 aromatic carbocycles. The molecule has 0 unspecified atom stereocenters. The number of carbonyl (C=O) groups is 2. The number of hydrogen-bond acceptors (Lipinski definition) is 3. The van der Waals surface area contributed by atoms with E-state index in [2.05, 4.69) is 5.32 Å². The highest BCUT2D eigenvalue weighted by atomic mass is 35.5. The van der Waals surface area contributed by atoms with Gasteiger partial charge >= 0.3 is 6.18 Å². The first-order chi connectivity index (χ1) is 10.2. The number of halogens is 4. The lowest BCUT2D eigenvalue weighted by molar-refractivity contribution is -0.157. The van der Waals surface area contributed by atoms with Gasteiger partial charge in [-0.3, -0.25) is 9.59 Å². The number of benzene rings is 1. The Hall–Kier alpha value is -1.96. The van der Waals surface area contributed by atoms with Gasteiger partial charge in [-0.1, -0.05) is 11.6 Å². The van der Waals surface area contributed by atoms with Gasteiger partial charge in [0.2, 0.25) is 5.91 Å². The average molecular weight is 336 g/mol. The van der Waals surface area contributed by atoms with Crippen LogP contribution in [0.3, 0.4) is 0 Å². The maximum absolute atomic E-state index is 12.4. The van der Waals surface area contributed by atoms with E-state index in [0.717, 1.165) is 4.90 Å². The topological polar surface area (TPSA) is 75.4 Å². The van der Waals surface area contributed by atoms with Crippen LogP contribution in [0.4, 0.5) is 18.9 Å². The number of carbonyl (C=O) groups excluding carboxylic acids is 2. The fourth-order valence-corrected chi connectivity index (χ4v) is 2.45. The van der Waals surface area contributed by atoms with Crippen molar-refractivity contribution in [3.63, 3.8) is 0 Å². The molecule has 1 heterocycles. The molecular weight excluding hydrogens is 323 g/mol. The third-order valence-corrected chi connectivity index (χ3v) is 3.48. The van der Waals surface area contributed by atoms with Gasteiger partial charge in [-0.25, -0.2) is 0 Å². The second-order valence-electron chi connectivity index (χ2n) is 4.91. The van der Waals surface area contributed by atoms with Gasteiger partial charge in [0.05, 0.1) is 5.56 Å². The van der Waals surface area contributed by atoms with Crippen LogP contribution in [0.25, 0.3) is 0 Å². The standard InChI is InChI=1S/C13H13ClF3N3O2/c14-7-1-2-9(8(5-7)11(18)21)19-10-3-4-20(12(10)22)6-13(15,16)17/h1-2,5,10,19H,3-4,6H2,(H2,18,21)/t10-/m0/s1. The molecule has 0 saturated carbocycles. The van der Waals surface area contributed by atoms with Crippen LogP contribution >= 0.6 is 11.6 Å². The van der Waals surface area contributed by atoms with Crippen LogP contribution in [-0.2, 0) is 4.79 Å². The van der Waals surface area contributed by atoms with Crippen molar-refractivity contribution >= 4 is 29.1 Å². The van der Waals surface area contributed by atoms with Crippen LogP contribution in [0.15, 0.2) is 18.2 Å². The van der Waals surface area contributed by atoms with Crippen molar-refractivity contribution < 1.29 is 22.8 Å². The van der Waals surface area contributed by atoms with Crippen LogP contribution in [-0.4, -0.2) is 42.0 Å². The molecular formula is C13H13ClF3N3O2. The molecule has 1 atom stereocenters. The first kappa shape index (κ1) is 16.4. The van der Waals surface area contributed by atoms with E-state index in [9.17, 15) is 22.8 Å². The molecule has 2 amide bonds. The number of nitrogens with one attached hydrogen (secondary N) is 1. The van der Waals surface area contributed by atoms with Gasteiger partial charge in [0.1, 0.15) is 12.6 Å². The molecule has 0 aromatic heterocycles. The Morgan fingerprint density at radius 1 is 1.45 bits per heavy atom. The lowest BCUT2D eigenvalue weighted by atomic mass is 10.1. The summed E-state index contributed by atoms with van der Waals surface area (Å²) in [6, 6.07) is 3.45. The molecule has 120 valence electrons. The minimum atomic E-state index is -4.44. The summed E-state index contributed by atoms with van der Waals surface area (Å²) >= 11 is 5.77. The number of nitrogens with two attached hydrogens (primary N) is 1. The van der Waals surface area contributed by atoms with Crippen LogP contribution in [0.5, 0.6) is 0 Å². The molecule has 1 aliphatic rings. The summed E-state index contributed by atoms with van der Waals surface area (Å²) < 4.78 is 37.1. The number of nitrogens with zero attached hydrogens (tertiary/aromatic N) is 1.